The van der Waals surface area contributed by atoms with Crippen LogP contribution in [0.25, 0.3) is 0 Å². The third kappa shape index (κ3) is 3.67. The summed E-state index contributed by atoms with van der Waals surface area (Å²) in [7, 11) is 4.75. The van der Waals surface area contributed by atoms with Crippen LogP contribution in [0.1, 0.15) is 12.0 Å². The van der Waals surface area contributed by atoms with E-state index in [1.165, 1.54) is 0 Å². The molecule has 1 aromatic carbocycles. The Balaban J connectivity index is 2.05. The van der Waals surface area contributed by atoms with Crippen LogP contribution in [-0.4, -0.2) is 52.2 Å². The summed E-state index contributed by atoms with van der Waals surface area (Å²) in [5, 5.41) is 6.74. The largest absolute Gasteiger partial charge is 0.497 e. The number of nitrogens with one attached hydrogen (secondary N) is 1. The summed E-state index contributed by atoms with van der Waals surface area (Å²) in [6.07, 6.45) is -0.259. The first kappa shape index (κ1) is 16.1. The van der Waals surface area contributed by atoms with Gasteiger partial charge in [-0.25, -0.2) is 0 Å². The van der Waals surface area contributed by atoms with Gasteiger partial charge in [-0.2, -0.15) is 0 Å². The molecule has 0 spiro atoms. The van der Waals surface area contributed by atoms with Gasteiger partial charge in [0.1, 0.15) is 11.5 Å². The minimum Gasteiger partial charge on any atom is -0.497 e. The molecule has 0 saturated carbocycles. The second kappa shape index (κ2) is 7.65. The molecule has 1 atom stereocenters. The van der Waals surface area contributed by atoms with Crippen molar-refractivity contribution in [2.45, 2.75) is 12.5 Å². The zero-order valence-corrected chi connectivity index (χ0v) is 12.9. The van der Waals surface area contributed by atoms with E-state index in [-0.39, 0.29) is 5.91 Å². The van der Waals surface area contributed by atoms with Gasteiger partial charge in [0.25, 0.3) is 5.91 Å². The number of carbonyl (C=O) groups is 1. The van der Waals surface area contributed by atoms with Crippen molar-refractivity contribution in [2.24, 2.45) is 5.16 Å². The van der Waals surface area contributed by atoms with Gasteiger partial charge in [-0.3, -0.25) is 4.79 Å². The molecule has 1 amide bonds. The lowest BCUT2D eigenvalue weighted by Crippen LogP contribution is -2.36. The number of oxime groups is 1. The van der Waals surface area contributed by atoms with E-state index < -0.39 is 6.10 Å². The molecule has 120 valence electrons. The molecule has 1 aliphatic heterocycles. The third-order valence-corrected chi connectivity index (χ3v) is 3.28. The van der Waals surface area contributed by atoms with E-state index in [9.17, 15) is 4.79 Å². The summed E-state index contributed by atoms with van der Waals surface area (Å²) < 4.78 is 15.4. The summed E-state index contributed by atoms with van der Waals surface area (Å²) in [5.41, 5.74) is 1.41. The fourth-order valence-electron chi connectivity index (χ4n) is 2.11. The second-order valence-corrected chi connectivity index (χ2v) is 4.69. The monoisotopic (exact) mass is 308 g/mol. The van der Waals surface area contributed by atoms with E-state index >= 15 is 0 Å². The number of hydrogen-bond acceptors (Lipinski definition) is 6. The molecule has 2 rings (SSSR count). The Morgan fingerprint density at radius 1 is 1.36 bits per heavy atom. The Hall–Kier alpha value is -2.28. The highest BCUT2D eigenvalue weighted by Crippen LogP contribution is 2.28. The molecule has 1 heterocycles. The number of amides is 1. The highest BCUT2D eigenvalue weighted by atomic mass is 16.6. The van der Waals surface area contributed by atoms with E-state index in [2.05, 4.69) is 10.5 Å². The molecule has 0 radical (unpaired) electrons. The van der Waals surface area contributed by atoms with Crippen LogP contribution < -0.4 is 14.8 Å². The first-order valence-electron chi connectivity index (χ1n) is 6.91. The molecule has 7 nitrogen and oxygen atoms in total. The van der Waals surface area contributed by atoms with Crippen molar-refractivity contribution >= 4 is 11.6 Å². The Kier molecular flexibility index (Phi) is 5.60. The van der Waals surface area contributed by atoms with Gasteiger partial charge < -0.3 is 24.4 Å². The average molecular weight is 308 g/mol. The maximum absolute atomic E-state index is 12.0. The van der Waals surface area contributed by atoms with E-state index in [1.807, 2.05) is 6.07 Å². The topological polar surface area (TPSA) is 78.4 Å². The highest BCUT2D eigenvalue weighted by molar-refractivity contribution is 6.06. The van der Waals surface area contributed by atoms with Gasteiger partial charge in [0, 0.05) is 25.6 Å². The zero-order valence-electron chi connectivity index (χ0n) is 12.9. The molecular formula is C15H20N2O5. The molecule has 0 saturated heterocycles. The van der Waals surface area contributed by atoms with Gasteiger partial charge in [-0.1, -0.05) is 5.16 Å². The number of ether oxygens (including phenoxy) is 3. The third-order valence-electron chi connectivity index (χ3n) is 3.28. The molecule has 7 heteroatoms. The van der Waals surface area contributed by atoms with Crippen LogP contribution in [0.5, 0.6) is 11.5 Å². The lowest BCUT2D eigenvalue weighted by atomic mass is 10.0. The molecule has 1 aromatic rings. The number of rotatable bonds is 7. The molecule has 0 aliphatic carbocycles. The first-order valence-corrected chi connectivity index (χ1v) is 6.91. The van der Waals surface area contributed by atoms with Gasteiger partial charge in [-0.15, -0.1) is 0 Å². The van der Waals surface area contributed by atoms with Crippen molar-refractivity contribution in [1.82, 2.24) is 5.32 Å². The van der Waals surface area contributed by atoms with Crippen molar-refractivity contribution in [2.75, 3.05) is 34.5 Å². The van der Waals surface area contributed by atoms with Gasteiger partial charge in [0.05, 0.1) is 26.5 Å². The molecule has 1 aliphatic rings. The smallest absolute Gasteiger partial charge is 0.264 e. The maximum Gasteiger partial charge on any atom is 0.264 e. The number of benzene rings is 1. The Morgan fingerprint density at radius 3 is 2.86 bits per heavy atom. The fourth-order valence-corrected chi connectivity index (χ4v) is 2.11. The number of nitrogens with zero attached hydrogens (tertiary/aromatic N) is 1. The predicted octanol–water partition coefficient (Wildman–Crippen LogP) is 0.959. The molecule has 22 heavy (non-hydrogen) atoms. The molecule has 0 bridgehead atoms. The molecule has 0 aromatic heterocycles. The van der Waals surface area contributed by atoms with Crippen molar-refractivity contribution in [3.8, 4) is 11.5 Å². The van der Waals surface area contributed by atoms with Crippen LogP contribution in [0.3, 0.4) is 0 Å². The van der Waals surface area contributed by atoms with E-state index in [0.29, 0.717) is 36.8 Å². The van der Waals surface area contributed by atoms with Crippen molar-refractivity contribution in [1.29, 1.82) is 0 Å². The van der Waals surface area contributed by atoms with Crippen LogP contribution in [0.4, 0.5) is 0 Å². The molecule has 0 fully saturated rings. The number of methoxy groups -OCH3 is 3. The van der Waals surface area contributed by atoms with E-state index in [4.69, 9.17) is 19.0 Å². The van der Waals surface area contributed by atoms with Crippen LogP contribution in [0.15, 0.2) is 23.4 Å². The highest BCUT2D eigenvalue weighted by Gasteiger charge is 2.30. The molecule has 1 unspecified atom stereocenters. The first-order chi connectivity index (χ1) is 10.7. The lowest BCUT2D eigenvalue weighted by Gasteiger charge is -2.10. The van der Waals surface area contributed by atoms with Crippen molar-refractivity contribution < 1.29 is 23.8 Å². The summed E-state index contributed by atoms with van der Waals surface area (Å²) in [6.45, 7) is 0.892. The average Bonchev–Trinajstić information content (AvgIpc) is 3.04. The Labute approximate surface area is 129 Å². The summed E-state index contributed by atoms with van der Waals surface area (Å²) in [4.78, 5) is 17.2. The maximum atomic E-state index is 12.0. The summed E-state index contributed by atoms with van der Waals surface area (Å²) in [5.74, 6) is 1.13. The zero-order chi connectivity index (χ0) is 15.9. The minimum atomic E-state index is -0.636. The normalized spacial score (nSPS) is 16.7. The number of carbonyl (C=O) groups excluding carboxylic acids is 1. The van der Waals surface area contributed by atoms with Gasteiger partial charge in [-0.05, 0) is 18.2 Å². The predicted molar refractivity (Wildman–Crippen MR) is 80.5 cm³/mol. The van der Waals surface area contributed by atoms with Crippen LogP contribution >= 0.6 is 0 Å². The fraction of sp³-hybridized carbons (Fsp3) is 0.467. The lowest BCUT2D eigenvalue weighted by molar-refractivity contribution is -0.131. The summed E-state index contributed by atoms with van der Waals surface area (Å²) in [6, 6.07) is 5.41. The van der Waals surface area contributed by atoms with Crippen LogP contribution in [0, 0.1) is 0 Å². The van der Waals surface area contributed by atoms with Crippen molar-refractivity contribution in [3.05, 3.63) is 23.8 Å². The quantitative estimate of drug-likeness (QED) is 0.759. The van der Waals surface area contributed by atoms with E-state index in [0.717, 1.165) is 5.56 Å². The second-order valence-electron chi connectivity index (χ2n) is 4.69. The standard InChI is InChI=1S/C15H20N2O5/c1-19-7-6-16-15(18)14-9-12(17-22-14)11-8-10(20-2)4-5-13(11)21-3/h4-5,8,14H,6-7,9H2,1-3H3,(H,16,18). The Morgan fingerprint density at radius 2 is 2.18 bits per heavy atom. The van der Waals surface area contributed by atoms with Gasteiger partial charge in [0.15, 0.2) is 0 Å². The molecular weight excluding hydrogens is 288 g/mol. The van der Waals surface area contributed by atoms with Gasteiger partial charge >= 0.3 is 0 Å². The van der Waals surface area contributed by atoms with Crippen LogP contribution in [0.2, 0.25) is 0 Å². The van der Waals surface area contributed by atoms with Crippen LogP contribution in [-0.2, 0) is 14.4 Å². The van der Waals surface area contributed by atoms with E-state index in [1.54, 1.807) is 33.5 Å². The summed E-state index contributed by atoms with van der Waals surface area (Å²) >= 11 is 0. The number of hydrogen-bond donors (Lipinski definition) is 1. The minimum absolute atomic E-state index is 0.210. The Bertz CT molecular complexity index is 559. The van der Waals surface area contributed by atoms with Gasteiger partial charge in [0.2, 0.25) is 6.10 Å². The SMILES string of the molecule is COCCNC(=O)C1CC(c2cc(OC)ccc2OC)=NO1. The molecule has 1 N–H and O–H groups in total. The van der Waals surface area contributed by atoms with Crippen molar-refractivity contribution in [3.63, 3.8) is 0 Å².